The summed E-state index contributed by atoms with van der Waals surface area (Å²) in [5.41, 5.74) is 41.5. The Labute approximate surface area is 817 Å². The van der Waals surface area contributed by atoms with E-state index in [0.29, 0.717) is 45.8 Å². The van der Waals surface area contributed by atoms with Crippen LogP contribution in [0.25, 0.3) is 166 Å². The quantitative estimate of drug-likeness (QED) is 0.0498. The number of benzene rings is 15. The molecule has 0 fully saturated rings. The van der Waals surface area contributed by atoms with Crippen LogP contribution >= 0.6 is 27.5 Å². The molecule has 0 saturated carbocycles. The molecule has 0 aliphatic heterocycles. The number of carbonyl (C=O) groups is 5. The van der Waals surface area contributed by atoms with Crippen LogP contribution in [-0.4, -0.2) is 74.6 Å². The Kier molecular flexibility index (Phi) is 23.6. The van der Waals surface area contributed by atoms with E-state index in [0.717, 1.165) is 212 Å². The van der Waals surface area contributed by atoms with E-state index in [4.69, 9.17) is 11.6 Å². The number of carboxylic acids is 2. The number of aromatic carboxylic acids is 2. The summed E-state index contributed by atoms with van der Waals surface area (Å²) in [4.78, 5) is 73.9. The molecule has 0 bridgehead atoms. The van der Waals surface area contributed by atoms with Crippen molar-refractivity contribution in [1.29, 1.82) is 0 Å². The lowest BCUT2D eigenvalue weighted by Gasteiger charge is -2.18. The Balaban J connectivity index is 0.000000104. The van der Waals surface area contributed by atoms with Crippen molar-refractivity contribution in [3.8, 4) is 123 Å². The van der Waals surface area contributed by atoms with Gasteiger partial charge < -0.3 is 45.3 Å². The molecule has 14 nitrogen and oxygen atoms in total. The van der Waals surface area contributed by atoms with Crippen LogP contribution in [0.1, 0.15) is 131 Å². The Morgan fingerprint density at radius 1 is 0.329 bits per heavy atom. The third-order valence-electron chi connectivity index (χ3n) is 27.6. The van der Waals surface area contributed by atoms with E-state index in [-0.39, 0.29) is 56.6 Å². The summed E-state index contributed by atoms with van der Waals surface area (Å²) in [5.74, 6) is -3.02. The summed E-state index contributed by atoms with van der Waals surface area (Å²) in [7, 11) is 0. The first kappa shape index (κ1) is 90.6. The van der Waals surface area contributed by atoms with E-state index >= 15 is 4.39 Å². The predicted molar refractivity (Wildman–Crippen MR) is 556 cm³/mol. The molecule has 0 spiro atoms. The second-order valence-corrected chi connectivity index (χ2v) is 38.6. The lowest BCUT2D eigenvalue weighted by Crippen LogP contribution is -2.06. The summed E-state index contributed by atoms with van der Waals surface area (Å²) in [6.07, 6.45) is 6.75. The molecule has 690 valence electrons. The number of H-pyrrole nitrogens is 5. The summed E-state index contributed by atoms with van der Waals surface area (Å²) in [5, 5.41) is 44.1. The summed E-state index contributed by atoms with van der Waals surface area (Å²) in [6.45, 7) is 11.1. The van der Waals surface area contributed by atoms with Gasteiger partial charge in [-0.3, -0.25) is 14.4 Å². The van der Waals surface area contributed by atoms with Crippen molar-refractivity contribution in [1.82, 2.24) is 24.9 Å². The molecule has 9 N–H and O–H groups in total. The number of carbonyl (C=O) groups excluding carboxylic acids is 3. The third kappa shape index (κ3) is 16.9. The minimum Gasteiger partial charge on any atom is -0.507 e. The fourth-order valence-electron chi connectivity index (χ4n) is 21.4. The first-order chi connectivity index (χ1) is 67.6. The minimum absolute atomic E-state index is 0.0413. The molecule has 0 radical (unpaired) electrons. The van der Waals surface area contributed by atoms with Gasteiger partial charge in [-0.25, -0.2) is 22.8 Å². The zero-order chi connectivity index (χ0) is 97.1. The van der Waals surface area contributed by atoms with Crippen LogP contribution in [0.4, 0.5) is 13.2 Å². The van der Waals surface area contributed by atoms with E-state index in [1.165, 1.54) is 66.4 Å². The topological polar surface area (TPSA) is 245 Å². The van der Waals surface area contributed by atoms with Crippen LogP contribution in [-0.2, 0) is 78.6 Å². The van der Waals surface area contributed by atoms with E-state index in [1.54, 1.807) is 51.1 Å². The molecule has 25 rings (SSSR count). The van der Waals surface area contributed by atoms with Crippen molar-refractivity contribution in [3.63, 3.8) is 0 Å². The Hall–Kier alpha value is -15.9. The number of hydrogen-bond donors (Lipinski definition) is 9. The number of ketones is 3. The maximum atomic E-state index is 16.2. The highest BCUT2D eigenvalue weighted by atomic mass is 79.9. The fourth-order valence-corrected chi connectivity index (χ4v) is 22.0. The Morgan fingerprint density at radius 3 is 1.19 bits per heavy atom. The van der Waals surface area contributed by atoms with Crippen molar-refractivity contribution < 1.29 is 57.6 Å². The molecule has 5 heterocycles. The number of phenols is 2. The number of Topliss-reactive ketones (excluding diaryl/α,β-unsaturated/α-hetero) is 3. The van der Waals surface area contributed by atoms with Gasteiger partial charge in [0.1, 0.15) is 45.8 Å². The molecule has 0 amide bonds. The molecule has 5 aromatic heterocycles. The van der Waals surface area contributed by atoms with Gasteiger partial charge in [0.2, 0.25) is 0 Å². The van der Waals surface area contributed by atoms with Crippen LogP contribution in [0.15, 0.2) is 277 Å². The zero-order valence-electron chi connectivity index (χ0n) is 77.3. The molecule has 140 heavy (non-hydrogen) atoms. The van der Waals surface area contributed by atoms with E-state index < -0.39 is 17.8 Å². The average molecular weight is 1930 g/mol. The van der Waals surface area contributed by atoms with Crippen LogP contribution in [0, 0.1) is 38.2 Å². The van der Waals surface area contributed by atoms with Crippen LogP contribution in [0.2, 0.25) is 5.02 Å². The van der Waals surface area contributed by atoms with Gasteiger partial charge in [-0.1, -0.05) is 241 Å². The molecule has 0 atom stereocenters. The first-order valence-electron chi connectivity index (χ1n) is 46.6. The highest BCUT2D eigenvalue weighted by Gasteiger charge is 2.33. The maximum Gasteiger partial charge on any atom is 0.339 e. The number of aromatic hydroxyl groups is 2. The van der Waals surface area contributed by atoms with Gasteiger partial charge in [0.15, 0.2) is 11.6 Å². The van der Waals surface area contributed by atoms with Crippen molar-refractivity contribution in [2.75, 3.05) is 0 Å². The fraction of sp³-hybridized carbons (Fsp3) is 0.132. The molecule has 5 aliphatic carbocycles. The average Bonchev–Trinajstić information content (AvgIpc) is 1.53. The minimum atomic E-state index is -1.11. The number of aryl methyl sites for hydroxylation is 7. The first-order valence-corrected chi connectivity index (χ1v) is 47.8. The second-order valence-electron chi connectivity index (χ2n) is 37.4. The number of fused-ring (bicyclic) bond motifs is 25. The molecule has 15 aromatic carbocycles. The molecule has 0 saturated heterocycles. The van der Waals surface area contributed by atoms with Gasteiger partial charge in [0, 0.05) is 114 Å². The lowest BCUT2D eigenvalue weighted by molar-refractivity contribution is -0.117. The van der Waals surface area contributed by atoms with Crippen LogP contribution in [0.5, 0.6) is 11.5 Å². The standard InChI is InChI=1S/C30H22FNO.C25H21NO3.C24H18FNO.C24H19NO3.C18H12BrClFNO/c1-18(33)14-19-12-13-23-22(15-19)16-25-26-17-24(20-8-4-2-5-9-20)27(21-10-6-3-7-11-21)28(31)30(26)32-29(23)25;1-13-7-14(2)9-17(8-13)15-3-5-18-19-6-4-16-10-21(25(28)29)23(27)12-20(16)24(19)26-22(18)11-15;1-14(27)9-15-7-8-19-18(10-15)12-20-21-11-17(16-5-3-2-4-6-16)13-22(25)24(21)26-23(19)20;1-13-3-2-4-14(9-13)15-5-7-17-18-8-6-16-10-20(24(27)28)22(26)12-19(16)23(18)25-21(17)11-15;1-8(23)4-9-2-3-11-10(5-9)6-12-13-7-14(19)15(20)16(21)18(13)22-17(11)12/h2-13,15,17,32H,14,16H2,1H3;3,5,7-12,26-27H,4,6H2,1-2H3,(H,28,29);2-8,10-11,13,26H,9,12H2,1H3;2-5,7,9-12,25-26H,6,8H2,1H3,(H,27,28);2-3,5,7,22H,4,6H2,1H3. The molecular formula is C121H92BrClF3N5O9. The highest BCUT2D eigenvalue weighted by Crippen LogP contribution is 2.51. The van der Waals surface area contributed by atoms with Crippen LogP contribution in [0.3, 0.4) is 0 Å². The van der Waals surface area contributed by atoms with E-state index in [2.05, 4.69) is 177 Å². The highest BCUT2D eigenvalue weighted by molar-refractivity contribution is 9.10. The number of halogens is 5. The van der Waals surface area contributed by atoms with Crippen LogP contribution < -0.4 is 0 Å². The van der Waals surface area contributed by atoms with Gasteiger partial charge in [0.05, 0.1) is 50.0 Å². The Bertz CT molecular complexity index is 8600. The van der Waals surface area contributed by atoms with Gasteiger partial charge in [-0.2, -0.15) is 0 Å². The number of aromatic amines is 5. The third-order valence-corrected chi connectivity index (χ3v) is 28.9. The number of aromatic nitrogens is 5. The van der Waals surface area contributed by atoms with Crippen molar-refractivity contribution in [3.05, 3.63) is 400 Å². The molecule has 19 heteroatoms. The van der Waals surface area contributed by atoms with E-state index in [9.17, 15) is 53.2 Å². The lowest BCUT2D eigenvalue weighted by atomic mass is 9.87. The number of rotatable bonds is 13. The summed E-state index contributed by atoms with van der Waals surface area (Å²) < 4.78 is 45.9. The smallest absolute Gasteiger partial charge is 0.339 e. The zero-order valence-corrected chi connectivity index (χ0v) is 79.6. The largest absolute Gasteiger partial charge is 0.507 e. The monoisotopic (exact) mass is 1930 g/mol. The van der Waals surface area contributed by atoms with Gasteiger partial charge in [-0.15, -0.1) is 0 Å². The normalized spacial score (nSPS) is 12.4. The van der Waals surface area contributed by atoms with E-state index in [1.807, 2.05) is 127 Å². The second kappa shape index (κ2) is 36.5. The van der Waals surface area contributed by atoms with Gasteiger partial charge in [-0.05, 0) is 266 Å². The van der Waals surface area contributed by atoms with Gasteiger partial charge in [0.25, 0.3) is 0 Å². The number of carboxylic acid groups (broad SMARTS) is 2. The molecule has 0 unspecified atom stereocenters. The van der Waals surface area contributed by atoms with Crippen molar-refractivity contribution in [2.45, 2.75) is 106 Å². The maximum absolute atomic E-state index is 16.2. The predicted octanol–water partition coefficient (Wildman–Crippen LogP) is 29.4. The number of hydrogen-bond acceptors (Lipinski definition) is 7. The summed E-state index contributed by atoms with van der Waals surface area (Å²) >= 11 is 9.29. The van der Waals surface area contributed by atoms with Gasteiger partial charge >= 0.3 is 11.9 Å². The van der Waals surface area contributed by atoms with Crippen molar-refractivity contribution >= 4 is 111 Å². The number of nitrogens with one attached hydrogen (secondary N) is 5. The summed E-state index contributed by atoms with van der Waals surface area (Å²) in [6, 6.07) is 89.9. The molecule has 5 aliphatic rings. The molecule has 20 aromatic rings. The Morgan fingerprint density at radius 2 is 0.729 bits per heavy atom. The molecular weight excluding hydrogens is 1840 g/mol. The van der Waals surface area contributed by atoms with Crippen molar-refractivity contribution in [2.24, 2.45) is 0 Å². The SMILES string of the molecule is CC(=O)Cc1ccc2c(c1)Cc1c-2[nH]c2c(F)c(-c3ccccc3)c(-c3ccccc3)cc12.CC(=O)Cc1ccc2c(c1)Cc1c-2[nH]c2c(F)c(Cl)c(Br)cc12.CC(=O)Cc1ccc2c(c1)Cc1c-2[nH]c2c(F)cc(-c3ccccc3)cc12.Cc1cc(C)cc(-c2ccc3c4c([nH]c3c2)-c2cc(O)c(C(=O)O)cc2CC4)c1.Cc1cccc(-c2ccc3c4c([nH]c3c2)-c2cc(O)c(C(=O)O)cc2CC4)c1.